The standard InChI is InChI=1S/C20H30N4O2.2ClH/c1-23-8-10-24(11-9-23)20(26)13-15-4-2-6-17(12-15)22-19(25)14-16-5-3-7-18(16)21;;/h2,4,6,12,16,18H,3,5,7-11,13-14,21H2,1H3,(H,22,25);2*1H/t16-,18+;;/m0../s1. The summed E-state index contributed by atoms with van der Waals surface area (Å²) in [5, 5.41) is 2.96. The molecule has 1 aliphatic heterocycles. The Kier molecular flexibility index (Phi) is 10.2. The molecule has 2 atom stereocenters. The number of benzene rings is 1. The SMILES string of the molecule is CN1CCN(C(=O)Cc2cccc(NC(=O)C[C@@H]3CCC[C@H]3N)c2)CC1.Cl.Cl. The number of halogens is 2. The Labute approximate surface area is 180 Å². The summed E-state index contributed by atoms with van der Waals surface area (Å²) in [6.07, 6.45) is 4.02. The summed E-state index contributed by atoms with van der Waals surface area (Å²) in [5.41, 5.74) is 7.74. The molecule has 2 amide bonds. The Morgan fingerprint density at radius 1 is 1.14 bits per heavy atom. The van der Waals surface area contributed by atoms with Crippen molar-refractivity contribution >= 4 is 42.3 Å². The monoisotopic (exact) mass is 430 g/mol. The number of piperazine rings is 1. The number of likely N-dealkylation sites (N-methyl/N-ethyl adjacent to an activating group) is 1. The van der Waals surface area contributed by atoms with Gasteiger partial charge in [-0.25, -0.2) is 0 Å². The van der Waals surface area contributed by atoms with Crippen LogP contribution in [0, 0.1) is 5.92 Å². The van der Waals surface area contributed by atoms with Crippen molar-refractivity contribution in [3.05, 3.63) is 29.8 Å². The molecule has 1 heterocycles. The first-order chi connectivity index (χ1) is 12.5. The highest BCUT2D eigenvalue weighted by Gasteiger charge is 2.26. The molecule has 3 N–H and O–H groups in total. The van der Waals surface area contributed by atoms with Crippen molar-refractivity contribution < 1.29 is 9.59 Å². The normalized spacial score (nSPS) is 22.1. The fourth-order valence-corrected chi connectivity index (χ4v) is 3.87. The van der Waals surface area contributed by atoms with Crippen LogP contribution in [0.5, 0.6) is 0 Å². The summed E-state index contributed by atoms with van der Waals surface area (Å²) in [6.45, 7) is 3.41. The number of nitrogens with zero attached hydrogens (tertiary/aromatic N) is 2. The van der Waals surface area contributed by atoms with Crippen LogP contribution >= 0.6 is 24.8 Å². The third-order valence-corrected chi connectivity index (χ3v) is 5.59. The Morgan fingerprint density at radius 3 is 2.50 bits per heavy atom. The van der Waals surface area contributed by atoms with Gasteiger partial charge in [0.15, 0.2) is 0 Å². The summed E-state index contributed by atoms with van der Waals surface area (Å²) >= 11 is 0. The molecule has 6 nitrogen and oxygen atoms in total. The van der Waals surface area contributed by atoms with E-state index in [1.54, 1.807) is 0 Å². The minimum atomic E-state index is 0. The fraction of sp³-hybridized carbons (Fsp3) is 0.600. The number of nitrogens with one attached hydrogen (secondary N) is 1. The van der Waals surface area contributed by atoms with Crippen LogP contribution in [0.4, 0.5) is 5.69 Å². The quantitative estimate of drug-likeness (QED) is 0.750. The van der Waals surface area contributed by atoms with Crippen LogP contribution in [0.25, 0.3) is 0 Å². The fourth-order valence-electron chi connectivity index (χ4n) is 3.87. The molecular weight excluding hydrogens is 399 g/mol. The molecule has 0 unspecified atom stereocenters. The number of carbonyl (C=O) groups is 2. The maximum absolute atomic E-state index is 12.5. The van der Waals surface area contributed by atoms with Gasteiger partial charge in [0.05, 0.1) is 6.42 Å². The van der Waals surface area contributed by atoms with E-state index in [9.17, 15) is 9.59 Å². The molecule has 28 heavy (non-hydrogen) atoms. The van der Waals surface area contributed by atoms with E-state index in [2.05, 4.69) is 17.3 Å². The predicted molar refractivity (Wildman–Crippen MR) is 117 cm³/mol. The molecule has 3 rings (SSSR count). The van der Waals surface area contributed by atoms with Crippen LogP contribution in [0.1, 0.15) is 31.2 Å². The van der Waals surface area contributed by atoms with Crippen molar-refractivity contribution in [2.75, 3.05) is 38.5 Å². The van der Waals surface area contributed by atoms with E-state index in [0.717, 1.165) is 56.7 Å². The highest BCUT2D eigenvalue weighted by molar-refractivity contribution is 5.91. The van der Waals surface area contributed by atoms with Crippen LogP contribution in [0.2, 0.25) is 0 Å². The van der Waals surface area contributed by atoms with E-state index in [4.69, 9.17) is 5.73 Å². The van der Waals surface area contributed by atoms with Crippen molar-refractivity contribution in [1.82, 2.24) is 9.80 Å². The third kappa shape index (κ3) is 6.92. The number of nitrogens with two attached hydrogens (primary N) is 1. The Hall–Kier alpha value is -1.34. The minimum absolute atomic E-state index is 0. The van der Waals surface area contributed by atoms with E-state index in [-0.39, 0.29) is 48.6 Å². The Balaban J connectivity index is 0.00000196. The van der Waals surface area contributed by atoms with Gasteiger partial charge >= 0.3 is 0 Å². The van der Waals surface area contributed by atoms with Crippen LogP contribution < -0.4 is 11.1 Å². The molecule has 1 saturated heterocycles. The molecule has 2 fully saturated rings. The zero-order valence-corrected chi connectivity index (χ0v) is 18.1. The van der Waals surface area contributed by atoms with Gasteiger partial charge in [-0.05, 0) is 43.5 Å². The van der Waals surface area contributed by atoms with Crippen molar-refractivity contribution in [2.45, 2.75) is 38.1 Å². The molecule has 0 bridgehead atoms. The van der Waals surface area contributed by atoms with E-state index in [1.807, 2.05) is 29.2 Å². The smallest absolute Gasteiger partial charge is 0.227 e. The number of hydrogen-bond donors (Lipinski definition) is 2. The second-order valence-corrected chi connectivity index (χ2v) is 7.67. The zero-order valence-electron chi connectivity index (χ0n) is 16.4. The maximum Gasteiger partial charge on any atom is 0.227 e. The van der Waals surface area contributed by atoms with Gasteiger partial charge in [0.25, 0.3) is 0 Å². The Morgan fingerprint density at radius 2 is 1.86 bits per heavy atom. The number of carbonyl (C=O) groups excluding carboxylic acids is 2. The number of hydrogen-bond acceptors (Lipinski definition) is 4. The Bertz CT molecular complexity index is 651. The number of anilines is 1. The average molecular weight is 431 g/mol. The highest BCUT2D eigenvalue weighted by atomic mass is 35.5. The van der Waals surface area contributed by atoms with Crippen LogP contribution in [0.15, 0.2) is 24.3 Å². The lowest BCUT2D eigenvalue weighted by Crippen LogP contribution is -2.47. The number of rotatable bonds is 5. The molecule has 0 spiro atoms. The first-order valence-electron chi connectivity index (χ1n) is 9.62. The molecule has 1 aromatic carbocycles. The van der Waals surface area contributed by atoms with Crippen molar-refractivity contribution in [2.24, 2.45) is 11.7 Å². The molecule has 0 aromatic heterocycles. The van der Waals surface area contributed by atoms with Gasteiger partial charge in [-0.3, -0.25) is 9.59 Å². The van der Waals surface area contributed by atoms with Crippen LogP contribution in [0.3, 0.4) is 0 Å². The third-order valence-electron chi connectivity index (χ3n) is 5.59. The average Bonchev–Trinajstić information content (AvgIpc) is 3.00. The lowest BCUT2D eigenvalue weighted by Gasteiger charge is -2.32. The van der Waals surface area contributed by atoms with E-state index >= 15 is 0 Å². The van der Waals surface area contributed by atoms with Gasteiger partial charge in [-0.1, -0.05) is 18.6 Å². The van der Waals surface area contributed by atoms with Gasteiger partial charge in [0.2, 0.25) is 11.8 Å². The number of amides is 2. The van der Waals surface area contributed by atoms with E-state index in [1.165, 1.54) is 0 Å². The second-order valence-electron chi connectivity index (χ2n) is 7.67. The molecule has 158 valence electrons. The van der Waals surface area contributed by atoms with Gasteiger partial charge in [0, 0.05) is 44.3 Å². The predicted octanol–water partition coefficient (Wildman–Crippen LogP) is 2.30. The molecule has 0 radical (unpaired) electrons. The van der Waals surface area contributed by atoms with Crippen molar-refractivity contribution in [3.8, 4) is 0 Å². The first kappa shape index (κ1) is 24.7. The minimum Gasteiger partial charge on any atom is -0.340 e. The lowest BCUT2D eigenvalue weighted by atomic mass is 10.00. The van der Waals surface area contributed by atoms with Crippen LogP contribution in [-0.4, -0.2) is 60.9 Å². The molecule has 1 aliphatic carbocycles. The molecule has 8 heteroatoms. The summed E-state index contributed by atoms with van der Waals surface area (Å²) in [6, 6.07) is 7.75. The molecular formula is C20H32Cl2N4O2. The highest BCUT2D eigenvalue weighted by Crippen LogP contribution is 2.27. The van der Waals surface area contributed by atoms with Gasteiger partial charge < -0.3 is 20.9 Å². The maximum atomic E-state index is 12.5. The summed E-state index contributed by atoms with van der Waals surface area (Å²) in [4.78, 5) is 28.9. The largest absolute Gasteiger partial charge is 0.340 e. The summed E-state index contributed by atoms with van der Waals surface area (Å²) in [7, 11) is 2.08. The summed E-state index contributed by atoms with van der Waals surface area (Å²) < 4.78 is 0. The molecule has 2 aliphatic rings. The van der Waals surface area contributed by atoms with E-state index < -0.39 is 0 Å². The zero-order chi connectivity index (χ0) is 18.5. The van der Waals surface area contributed by atoms with Crippen molar-refractivity contribution in [3.63, 3.8) is 0 Å². The topological polar surface area (TPSA) is 78.7 Å². The van der Waals surface area contributed by atoms with Gasteiger partial charge in [0.1, 0.15) is 0 Å². The van der Waals surface area contributed by atoms with Crippen molar-refractivity contribution in [1.29, 1.82) is 0 Å². The molecule has 1 saturated carbocycles. The first-order valence-corrected chi connectivity index (χ1v) is 9.62. The lowest BCUT2D eigenvalue weighted by molar-refractivity contribution is -0.132. The van der Waals surface area contributed by atoms with Gasteiger partial charge in [-0.15, -0.1) is 24.8 Å². The van der Waals surface area contributed by atoms with Crippen LogP contribution in [-0.2, 0) is 16.0 Å². The van der Waals surface area contributed by atoms with Gasteiger partial charge in [-0.2, -0.15) is 0 Å². The van der Waals surface area contributed by atoms with E-state index in [0.29, 0.717) is 12.8 Å². The second kappa shape index (κ2) is 11.6. The summed E-state index contributed by atoms with van der Waals surface area (Å²) in [5.74, 6) is 0.449. The molecule has 1 aromatic rings.